The van der Waals surface area contributed by atoms with E-state index >= 15 is 0 Å². The molecular formula is C11H22O2. The van der Waals surface area contributed by atoms with Crippen LogP contribution < -0.4 is 0 Å². The van der Waals surface area contributed by atoms with Crippen LogP contribution in [0.15, 0.2) is 0 Å². The molecule has 1 heterocycles. The molecule has 2 nitrogen and oxygen atoms in total. The van der Waals surface area contributed by atoms with Crippen molar-refractivity contribution in [3.63, 3.8) is 0 Å². The first-order chi connectivity index (χ1) is 6.38. The molecule has 2 atom stereocenters. The summed E-state index contributed by atoms with van der Waals surface area (Å²) in [6.07, 6.45) is 7.49. The summed E-state index contributed by atoms with van der Waals surface area (Å²) in [5, 5.41) is 8.77. The molecule has 1 N–H and O–H groups in total. The van der Waals surface area contributed by atoms with E-state index < -0.39 is 0 Å². The van der Waals surface area contributed by atoms with Crippen LogP contribution in [0.2, 0.25) is 0 Å². The zero-order valence-corrected chi connectivity index (χ0v) is 8.67. The first kappa shape index (κ1) is 11.0. The van der Waals surface area contributed by atoms with Gasteiger partial charge < -0.3 is 9.84 Å². The average molecular weight is 186 g/mol. The second-order valence-electron chi connectivity index (χ2n) is 3.94. The lowest BCUT2D eigenvalue weighted by Gasteiger charge is -2.29. The quantitative estimate of drug-likeness (QED) is 0.714. The summed E-state index contributed by atoms with van der Waals surface area (Å²) in [6, 6.07) is 0. The maximum absolute atomic E-state index is 8.77. The maximum atomic E-state index is 8.77. The van der Waals surface area contributed by atoms with E-state index in [0.29, 0.717) is 18.6 Å². The molecular weight excluding hydrogens is 164 g/mol. The number of rotatable bonds is 5. The molecule has 0 radical (unpaired) electrons. The Kier molecular flexibility index (Phi) is 5.40. The zero-order chi connectivity index (χ0) is 9.52. The molecule has 1 aliphatic heterocycles. The van der Waals surface area contributed by atoms with Gasteiger partial charge in [0.2, 0.25) is 0 Å². The maximum Gasteiger partial charge on any atom is 0.0603 e. The summed E-state index contributed by atoms with van der Waals surface area (Å²) in [6.45, 7) is 3.49. The predicted octanol–water partition coefficient (Wildman–Crippen LogP) is 2.35. The van der Waals surface area contributed by atoms with E-state index in [4.69, 9.17) is 9.84 Å². The van der Waals surface area contributed by atoms with Crippen molar-refractivity contribution in [2.75, 3.05) is 13.2 Å². The SMILES string of the molecule is CCC(CCCO)C1CCCCO1. The minimum atomic E-state index is 0.323. The van der Waals surface area contributed by atoms with Crippen LogP contribution >= 0.6 is 0 Å². The third-order valence-corrected chi connectivity index (χ3v) is 3.00. The van der Waals surface area contributed by atoms with E-state index in [-0.39, 0.29) is 0 Å². The molecule has 78 valence electrons. The van der Waals surface area contributed by atoms with Crippen molar-refractivity contribution in [3.8, 4) is 0 Å². The van der Waals surface area contributed by atoms with Crippen molar-refractivity contribution in [1.82, 2.24) is 0 Å². The van der Waals surface area contributed by atoms with Crippen molar-refractivity contribution >= 4 is 0 Å². The Balaban J connectivity index is 2.26. The highest BCUT2D eigenvalue weighted by atomic mass is 16.5. The fourth-order valence-corrected chi connectivity index (χ4v) is 2.14. The summed E-state index contributed by atoms with van der Waals surface area (Å²) in [7, 11) is 0. The van der Waals surface area contributed by atoms with E-state index in [9.17, 15) is 0 Å². The Hall–Kier alpha value is -0.0800. The first-order valence-corrected chi connectivity index (χ1v) is 5.61. The Morgan fingerprint density at radius 1 is 1.46 bits per heavy atom. The standard InChI is InChI=1S/C11H22O2/c1-2-10(6-5-8-12)11-7-3-4-9-13-11/h10-12H,2-9H2,1H3. The second-order valence-corrected chi connectivity index (χ2v) is 3.94. The molecule has 0 aromatic heterocycles. The van der Waals surface area contributed by atoms with Gasteiger partial charge in [-0.25, -0.2) is 0 Å². The van der Waals surface area contributed by atoms with E-state index in [1.807, 2.05) is 0 Å². The fourth-order valence-electron chi connectivity index (χ4n) is 2.14. The van der Waals surface area contributed by atoms with Crippen LogP contribution in [0.3, 0.4) is 0 Å². The summed E-state index contributed by atoms with van der Waals surface area (Å²) in [5.74, 6) is 0.674. The van der Waals surface area contributed by atoms with Gasteiger partial charge in [0.15, 0.2) is 0 Å². The minimum absolute atomic E-state index is 0.323. The smallest absolute Gasteiger partial charge is 0.0603 e. The van der Waals surface area contributed by atoms with E-state index in [0.717, 1.165) is 19.4 Å². The lowest BCUT2D eigenvalue weighted by Crippen LogP contribution is -2.27. The molecule has 2 heteroatoms. The molecule has 0 aromatic carbocycles. The van der Waals surface area contributed by atoms with Crippen LogP contribution in [0.1, 0.15) is 45.4 Å². The van der Waals surface area contributed by atoms with Crippen LogP contribution in [-0.4, -0.2) is 24.4 Å². The zero-order valence-electron chi connectivity index (χ0n) is 8.67. The number of hydrogen-bond acceptors (Lipinski definition) is 2. The molecule has 1 aliphatic rings. The van der Waals surface area contributed by atoms with Crippen molar-refractivity contribution in [2.45, 2.75) is 51.6 Å². The second kappa shape index (κ2) is 6.39. The fraction of sp³-hybridized carbons (Fsp3) is 1.00. The van der Waals surface area contributed by atoms with Gasteiger partial charge in [-0.2, -0.15) is 0 Å². The average Bonchev–Trinajstić information content (AvgIpc) is 2.21. The van der Waals surface area contributed by atoms with Gasteiger partial charge >= 0.3 is 0 Å². The minimum Gasteiger partial charge on any atom is -0.396 e. The Morgan fingerprint density at radius 2 is 2.31 bits per heavy atom. The largest absolute Gasteiger partial charge is 0.396 e. The Labute approximate surface area is 81.3 Å². The van der Waals surface area contributed by atoms with Gasteiger partial charge in [-0.3, -0.25) is 0 Å². The molecule has 1 rings (SSSR count). The molecule has 0 amide bonds. The number of aliphatic hydroxyl groups is 1. The Bertz CT molecular complexity index is 119. The number of ether oxygens (including phenoxy) is 1. The molecule has 0 spiro atoms. The molecule has 0 aromatic rings. The molecule has 1 saturated heterocycles. The summed E-state index contributed by atoms with van der Waals surface area (Å²) >= 11 is 0. The summed E-state index contributed by atoms with van der Waals surface area (Å²) < 4.78 is 5.75. The Morgan fingerprint density at radius 3 is 2.85 bits per heavy atom. The van der Waals surface area contributed by atoms with Gasteiger partial charge in [0, 0.05) is 13.2 Å². The first-order valence-electron chi connectivity index (χ1n) is 5.61. The highest BCUT2D eigenvalue weighted by Gasteiger charge is 2.22. The van der Waals surface area contributed by atoms with Crippen molar-refractivity contribution in [1.29, 1.82) is 0 Å². The molecule has 1 fully saturated rings. The third kappa shape index (κ3) is 3.65. The monoisotopic (exact) mass is 186 g/mol. The van der Waals surface area contributed by atoms with Gasteiger partial charge in [-0.05, 0) is 38.0 Å². The summed E-state index contributed by atoms with van der Waals surface area (Å²) in [4.78, 5) is 0. The van der Waals surface area contributed by atoms with E-state index in [1.165, 1.54) is 25.7 Å². The highest BCUT2D eigenvalue weighted by molar-refractivity contribution is 4.72. The number of aliphatic hydroxyl groups excluding tert-OH is 1. The van der Waals surface area contributed by atoms with Crippen molar-refractivity contribution in [2.24, 2.45) is 5.92 Å². The van der Waals surface area contributed by atoms with Gasteiger partial charge in [0.1, 0.15) is 0 Å². The highest BCUT2D eigenvalue weighted by Crippen LogP contribution is 2.25. The third-order valence-electron chi connectivity index (χ3n) is 3.00. The van der Waals surface area contributed by atoms with Crippen LogP contribution in [0.4, 0.5) is 0 Å². The molecule has 0 saturated carbocycles. The molecule has 13 heavy (non-hydrogen) atoms. The van der Waals surface area contributed by atoms with Crippen molar-refractivity contribution in [3.05, 3.63) is 0 Å². The predicted molar refractivity (Wildman–Crippen MR) is 53.7 cm³/mol. The van der Waals surface area contributed by atoms with Gasteiger partial charge in [0.25, 0.3) is 0 Å². The van der Waals surface area contributed by atoms with Gasteiger partial charge in [-0.15, -0.1) is 0 Å². The molecule has 2 unspecified atom stereocenters. The van der Waals surface area contributed by atoms with Gasteiger partial charge in [-0.1, -0.05) is 13.3 Å². The van der Waals surface area contributed by atoms with Crippen LogP contribution in [-0.2, 0) is 4.74 Å². The van der Waals surface area contributed by atoms with Crippen LogP contribution in [0, 0.1) is 5.92 Å². The van der Waals surface area contributed by atoms with Crippen LogP contribution in [0.5, 0.6) is 0 Å². The summed E-state index contributed by atoms with van der Waals surface area (Å²) in [5.41, 5.74) is 0. The van der Waals surface area contributed by atoms with E-state index in [2.05, 4.69) is 6.92 Å². The van der Waals surface area contributed by atoms with Crippen molar-refractivity contribution < 1.29 is 9.84 Å². The topological polar surface area (TPSA) is 29.5 Å². The lowest BCUT2D eigenvalue weighted by atomic mass is 9.90. The normalized spacial score (nSPS) is 25.8. The van der Waals surface area contributed by atoms with Crippen LogP contribution in [0.25, 0.3) is 0 Å². The molecule has 0 aliphatic carbocycles. The molecule has 0 bridgehead atoms. The lowest BCUT2D eigenvalue weighted by molar-refractivity contribution is -0.0254. The van der Waals surface area contributed by atoms with Gasteiger partial charge in [0.05, 0.1) is 6.10 Å². The number of hydrogen-bond donors (Lipinski definition) is 1. The van der Waals surface area contributed by atoms with E-state index in [1.54, 1.807) is 0 Å².